The first-order chi connectivity index (χ1) is 9.99. The van der Waals surface area contributed by atoms with Gasteiger partial charge in [0.25, 0.3) is 0 Å². The molecular weight excluding hydrogens is 258 g/mol. The van der Waals surface area contributed by atoms with Crippen LogP contribution in [0.3, 0.4) is 0 Å². The van der Waals surface area contributed by atoms with Crippen LogP contribution in [0.5, 0.6) is 0 Å². The highest BCUT2D eigenvalue weighted by molar-refractivity contribution is 5.46. The molecule has 1 aromatic rings. The molecule has 2 aliphatic rings. The zero-order chi connectivity index (χ0) is 15.1. The first-order valence-electron chi connectivity index (χ1n) is 8.06. The Kier molecular flexibility index (Phi) is 3.83. The maximum absolute atomic E-state index is 6.29. The SMILES string of the molecule is CC1=C[C@@H](C)[C@H]2CO[C@H](c3ccc(N(C)C)cc3)[C@H]1[C@@H]2C. The molecule has 0 aromatic heterocycles. The highest BCUT2D eigenvalue weighted by Gasteiger charge is 2.43. The third-order valence-electron chi connectivity index (χ3n) is 5.50. The van der Waals surface area contributed by atoms with E-state index in [1.54, 1.807) is 0 Å². The highest BCUT2D eigenvalue weighted by atomic mass is 16.5. The molecule has 2 heteroatoms. The number of nitrogens with zero attached hydrogens (tertiary/aromatic N) is 1. The van der Waals surface area contributed by atoms with Crippen LogP contribution in [0.4, 0.5) is 5.69 Å². The summed E-state index contributed by atoms with van der Waals surface area (Å²) >= 11 is 0. The van der Waals surface area contributed by atoms with Crippen molar-refractivity contribution < 1.29 is 4.74 Å². The number of benzene rings is 1. The number of rotatable bonds is 2. The number of anilines is 1. The Morgan fingerprint density at radius 1 is 1.10 bits per heavy atom. The molecule has 0 unspecified atom stereocenters. The quantitative estimate of drug-likeness (QED) is 0.752. The van der Waals surface area contributed by atoms with Crippen LogP contribution in [-0.2, 0) is 4.74 Å². The fraction of sp³-hybridized carbons (Fsp3) is 0.579. The van der Waals surface area contributed by atoms with E-state index in [4.69, 9.17) is 4.74 Å². The molecule has 0 spiro atoms. The van der Waals surface area contributed by atoms with E-state index >= 15 is 0 Å². The highest BCUT2D eigenvalue weighted by Crippen LogP contribution is 2.49. The van der Waals surface area contributed by atoms with E-state index in [1.165, 1.54) is 16.8 Å². The normalized spacial score (nSPS) is 35.3. The molecule has 1 fully saturated rings. The molecule has 1 aliphatic carbocycles. The Labute approximate surface area is 128 Å². The molecule has 0 N–H and O–H groups in total. The average Bonchev–Trinajstić information content (AvgIpc) is 2.44. The second-order valence-corrected chi connectivity index (χ2v) is 7.06. The average molecular weight is 285 g/mol. The van der Waals surface area contributed by atoms with Crippen molar-refractivity contribution in [2.45, 2.75) is 26.9 Å². The van der Waals surface area contributed by atoms with E-state index in [-0.39, 0.29) is 6.10 Å². The molecule has 3 rings (SSSR count). The largest absolute Gasteiger partial charge is 0.378 e. The lowest BCUT2D eigenvalue weighted by Gasteiger charge is -2.47. The van der Waals surface area contributed by atoms with Crippen LogP contribution in [-0.4, -0.2) is 20.7 Å². The number of hydrogen-bond acceptors (Lipinski definition) is 2. The molecule has 0 saturated carbocycles. The Hall–Kier alpha value is -1.28. The maximum atomic E-state index is 6.29. The molecular formula is C19H27NO. The lowest BCUT2D eigenvalue weighted by Crippen LogP contribution is -2.42. The van der Waals surface area contributed by atoms with E-state index in [9.17, 15) is 0 Å². The van der Waals surface area contributed by atoms with Gasteiger partial charge in [-0.25, -0.2) is 0 Å². The minimum absolute atomic E-state index is 0.219. The Morgan fingerprint density at radius 3 is 2.38 bits per heavy atom. The second-order valence-electron chi connectivity index (χ2n) is 7.06. The van der Waals surface area contributed by atoms with Gasteiger partial charge < -0.3 is 9.64 Å². The summed E-state index contributed by atoms with van der Waals surface area (Å²) in [7, 11) is 4.16. The van der Waals surface area contributed by atoms with Gasteiger partial charge in [0.15, 0.2) is 0 Å². The summed E-state index contributed by atoms with van der Waals surface area (Å²) in [5.41, 5.74) is 4.07. The summed E-state index contributed by atoms with van der Waals surface area (Å²) in [5.74, 6) is 2.56. The fourth-order valence-corrected chi connectivity index (χ4v) is 4.21. The molecule has 5 atom stereocenters. The van der Waals surface area contributed by atoms with E-state index in [2.05, 4.69) is 70.1 Å². The maximum Gasteiger partial charge on any atom is 0.0892 e. The van der Waals surface area contributed by atoms with Crippen LogP contribution in [0.15, 0.2) is 35.9 Å². The summed E-state index contributed by atoms with van der Waals surface area (Å²) < 4.78 is 6.29. The van der Waals surface area contributed by atoms with Gasteiger partial charge in [-0.1, -0.05) is 37.6 Å². The van der Waals surface area contributed by atoms with Gasteiger partial charge in [-0.3, -0.25) is 0 Å². The van der Waals surface area contributed by atoms with Crippen molar-refractivity contribution in [3.8, 4) is 0 Å². The van der Waals surface area contributed by atoms with Crippen LogP contribution < -0.4 is 4.90 Å². The molecule has 1 heterocycles. The Morgan fingerprint density at radius 2 is 1.76 bits per heavy atom. The Balaban J connectivity index is 1.90. The summed E-state index contributed by atoms with van der Waals surface area (Å²) in [6.07, 6.45) is 2.69. The predicted octanol–water partition coefficient (Wildman–Crippen LogP) is 4.29. The van der Waals surface area contributed by atoms with Gasteiger partial charge in [0, 0.05) is 25.7 Å². The minimum Gasteiger partial charge on any atom is -0.378 e. The first kappa shape index (κ1) is 14.6. The van der Waals surface area contributed by atoms with E-state index in [1.807, 2.05) is 0 Å². The Bertz CT molecular complexity index is 531. The molecule has 21 heavy (non-hydrogen) atoms. The van der Waals surface area contributed by atoms with Crippen molar-refractivity contribution in [2.24, 2.45) is 23.7 Å². The van der Waals surface area contributed by atoms with E-state index in [0.29, 0.717) is 23.7 Å². The zero-order valence-corrected chi connectivity index (χ0v) is 13.8. The van der Waals surface area contributed by atoms with Gasteiger partial charge >= 0.3 is 0 Å². The van der Waals surface area contributed by atoms with Gasteiger partial charge in [0.2, 0.25) is 0 Å². The molecule has 1 aliphatic heterocycles. The van der Waals surface area contributed by atoms with Crippen LogP contribution in [0.2, 0.25) is 0 Å². The molecule has 1 saturated heterocycles. The minimum atomic E-state index is 0.219. The second kappa shape index (κ2) is 5.49. The number of fused-ring (bicyclic) bond motifs is 2. The van der Waals surface area contributed by atoms with Crippen LogP contribution in [0, 0.1) is 23.7 Å². The summed E-state index contributed by atoms with van der Waals surface area (Å²) in [6.45, 7) is 7.91. The molecule has 2 nitrogen and oxygen atoms in total. The molecule has 0 radical (unpaired) electrons. The van der Waals surface area contributed by atoms with Crippen LogP contribution in [0.1, 0.15) is 32.4 Å². The van der Waals surface area contributed by atoms with Crippen molar-refractivity contribution >= 4 is 5.69 Å². The summed E-state index contributed by atoms with van der Waals surface area (Å²) in [6, 6.07) is 8.86. The first-order valence-corrected chi connectivity index (χ1v) is 8.06. The van der Waals surface area contributed by atoms with Crippen molar-refractivity contribution in [1.82, 2.24) is 0 Å². The van der Waals surface area contributed by atoms with Gasteiger partial charge in [0.05, 0.1) is 12.7 Å². The monoisotopic (exact) mass is 285 g/mol. The van der Waals surface area contributed by atoms with E-state index < -0.39 is 0 Å². The van der Waals surface area contributed by atoms with Gasteiger partial charge in [-0.15, -0.1) is 0 Å². The molecule has 0 amide bonds. The third-order valence-corrected chi connectivity index (χ3v) is 5.50. The van der Waals surface area contributed by atoms with Gasteiger partial charge in [-0.2, -0.15) is 0 Å². The topological polar surface area (TPSA) is 12.5 Å². The molecule has 1 aromatic carbocycles. The van der Waals surface area contributed by atoms with Crippen molar-refractivity contribution in [2.75, 3.05) is 25.6 Å². The van der Waals surface area contributed by atoms with Gasteiger partial charge in [0.1, 0.15) is 0 Å². The van der Waals surface area contributed by atoms with Crippen molar-refractivity contribution in [3.63, 3.8) is 0 Å². The lowest BCUT2D eigenvalue weighted by molar-refractivity contribution is -0.0934. The van der Waals surface area contributed by atoms with Crippen LogP contribution >= 0.6 is 0 Å². The zero-order valence-electron chi connectivity index (χ0n) is 13.8. The molecule has 2 bridgehead atoms. The summed E-state index contributed by atoms with van der Waals surface area (Å²) in [5, 5.41) is 0. The van der Waals surface area contributed by atoms with Crippen molar-refractivity contribution in [1.29, 1.82) is 0 Å². The predicted molar refractivity (Wildman–Crippen MR) is 88.5 cm³/mol. The van der Waals surface area contributed by atoms with Gasteiger partial charge in [-0.05, 0) is 42.4 Å². The standard InChI is InChI=1S/C19H27NO/c1-12-10-13(2)18-14(3)17(12)11-21-19(18)15-6-8-16(9-7-15)20(4)5/h6-10,12,14,17-19H,11H2,1-5H3/t12-,14-,17-,18-,19-/m1/s1. The van der Waals surface area contributed by atoms with Crippen molar-refractivity contribution in [3.05, 3.63) is 41.5 Å². The summed E-state index contributed by atoms with van der Waals surface area (Å²) in [4.78, 5) is 2.14. The number of ether oxygens (including phenoxy) is 1. The molecule has 114 valence electrons. The van der Waals surface area contributed by atoms with Crippen LogP contribution in [0.25, 0.3) is 0 Å². The fourth-order valence-electron chi connectivity index (χ4n) is 4.21. The number of allylic oxidation sites excluding steroid dienone is 1. The number of hydrogen-bond donors (Lipinski definition) is 0. The van der Waals surface area contributed by atoms with E-state index in [0.717, 1.165) is 6.61 Å². The smallest absolute Gasteiger partial charge is 0.0892 e. The third kappa shape index (κ3) is 2.50. The lowest BCUT2D eigenvalue weighted by atomic mass is 9.64.